The van der Waals surface area contributed by atoms with Crippen molar-refractivity contribution in [2.24, 2.45) is 7.05 Å². The van der Waals surface area contributed by atoms with Crippen LogP contribution in [0.4, 0.5) is 0 Å². The molecule has 4 aromatic rings. The van der Waals surface area contributed by atoms with Crippen LogP contribution in [0.1, 0.15) is 41.1 Å². The third kappa shape index (κ3) is 4.59. The molecule has 4 rings (SSSR count). The van der Waals surface area contributed by atoms with E-state index in [0.717, 1.165) is 28.7 Å². The van der Waals surface area contributed by atoms with Crippen LogP contribution in [0.2, 0.25) is 0 Å². The van der Waals surface area contributed by atoms with Gasteiger partial charge < -0.3 is 5.32 Å². The second-order valence-electron chi connectivity index (χ2n) is 7.61. The molecule has 1 unspecified atom stereocenters. The summed E-state index contributed by atoms with van der Waals surface area (Å²) in [5.74, 6) is -0.132. The molecule has 158 valence electrons. The second kappa shape index (κ2) is 9.27. The molecule has 6 heteroatoms. The molecule has 1 atom stereocenters. The lowest BCUT2D eigenvalue weighted by molar-refractivity contribution is -0.121. The van der Waals surface area contributed by atoms with Crippen molar-refractivity contribution in [2.75, 3.05) is 0 Å². The lowest BCUT2D eigenvalue weighted by Gasteiger charge is -2.19. The number of carbonyl (C=O) groups excluding carboxylic acids is 1. The molecule has 0 radical (unpaired) electrons. The molecule has 2 heterocycles. The third-order valence-corrected chi connectivity index (χ3v) is 6.28. The monoisotopic (exact) mass is 431 g/mol. The summed E-state index contributed by atoms with van der Waals surface area (Å²) in [6, 6.07) is 19.6. The number of nitrogens with one attached hydrogen (secondary N) is 1. The molecule has 0 fully saturated rings. The molecule has 1 amide bonds. The average molecular weight is 432 g/mol. The van der Waals surface area contributed by atoms with Crippen LogP contribution in [0.25, 0.3) is 10.8 Å². The van der Waals surface area contributed by atoms with Gasteiger partial charge in [0.15, 0.2) is 0 Å². The highest BCUT2D eigenvalue weighted by Crippen LogP contribution is 2.27. The van der Waals surface area contributed by atoms with Crippen molar-refractivity contribution in [1.82, 2.24) is 15.1 Å². The number of aromatic nitrogens is 2. The minimum atomic E-state index is -0.220. The smallest absolute Gasteiger partial charge is 0.274 e. The maximum absolute atomic E-state index is 13.1. The molecule has 0 spiro atoms. The number of benzene rings is 2. The number of hydrogen-bond acceptors (Lipinski definition) is 4. The summed E-state index contributed by atoms with van der Waals surface area (Å²) in [5, 5.41) is 10.8. The van der Waals surface area contributed by atoms with Crippen molar-refractivity contribution >= 4 is 28.0 Å². The van der Waals surface area contributed by atoms with Crippen LogP contribution in [0, 0.1) is 0 Å². The average Bonchev–Trinajstić information content (AvgIpc) is 3.31. The molecular weight excluding hydrogens is 406 g/mol. The van der Waals surface area contributed by atoms with Crippen molar-refractivity contribution in [3.63, 3.8) is 0 Å². The van der Waals surface area contributed by atoms with Gasteiger partial charge in [0.25, 0.3) is 5.56 Å². The van der Waals surface area contributed by atoms with Crippen molar-refractivity contribution in [3.05, 3.63) is 98.1 Å². The first kappa shape index (κ1) is 21.0. The van der Waals surface area contributed by atoms with Gasteiger partial charge in [-0.2, -0.15) is 5.10 Å². The van der Waals surface area contributed by atoms with E-state index in [4.69, 9.17) is 0 Å². The van der Waals surface area contributed by atoms with Crippen LogP contribution in [0.5, 0.6) is 0 Å². The Morgan fingerprint density at radius 2 is 1.81 bits per heavy atom. The quantitative estimate of drug-likeness (QED) is 0.472. The Kier molecular flexibility index (Phi) is 6.28. The number of carbonyl (C=O) groups is 1. The van der Waals surface area contributed by atoms with Crippen molar-refractivity contribution < 1.29 is 4.79 Å². The summed E-state index contributed by atoms with van der Waals surface area (Å²) in [5.41, 5.74) is 2.78. The summed E-state index contributed by atoms with van der Waals surface area (Å²) in [4.78, 5) is 26.5. The predicted octanol–water partition coefficient (Wildman–Crippen LogP) is 4.40. The normalized spacial score (nSPS) is 12.1. The number of nitrogens with zero attached hydrogens (tertiary/aromatic N) is 2. The van der Waals surface area contributed by atoms with Crippen molar-refractivity contribution in [3.8, 4) is 0 Å². The standard InChI is InChI=1S/C25H25N3O2S/c1-3-7-17-11-13-18(14-12-17)24(22-10-6-15-31-22)26-23(29)16-21-19-8-4-5-9-20(19)25(30)28(2)27-21/h4-6,8-15,24H,3,7,16H2,1-2H3,(H,26,29). The predicted molar refractivity (Wildman–Crippen MR) is 125 cm³/mol. The van der Waals surface area contributed by atoms with E-state index < -0.39 is 0 Å². The summed E-state index contributed by atoms with van der Waals surface area (Å²) in [6.45, 7) is 2.17. The first-order valence-corrected chi connectivity index (χ1v) is 11.3. The van der Waals surface area contributed by atoms with E-state index in [2.05, 4.69) is 41.6 Å². The van der Waals surface area contributed by atoms with E-state index in [-0.39, 0.29) is 23.9 Å². The van der Waals surface area contributed by atoms with E-state index in [0.29, 0.717) is 11.1 Å². The molecule has 1 N–H and O–H groups in total. The Labute approximate surface area is 185 Å². The first-order valence-electron chi connectivity index (χ1n) is 10.4. The van der Waals surface area contributed by atoms with Gasteiger partial charge in [-0.3, -0.25) is 9.59 Å². The summed E-state index contributed by atoms with van der Waals surface area (Å²) in [7, 11) is 1.61. The van der Waals surface area contributed by atoms with E-state index in [1.54, 1.807) is 24.5 Å². The van der Waals surface area contributed by atoms with Crippen LogP contribution in [-0.2, 0) is 24.7 Å². The Hall–Kier alpha value is -3.25. The van der Waals surface area contributed by atoms with Gasteiger partial charge in [-0.05, 0) is 35.1 Å². The highest BCUT2D eigenvalue weighted by atomic mass is 32.1. The fourth-order valence-electron chi connectivity index (χ4n) is 3.81. The van der Waals surface area contributed by atoms with Crippen LogP contribution >= 0.6 is 11.3 Å². The molecule has 0 aliphatic carbocycles. The topological polar surface area (TPSA) is 64.0 Å². The van der Waals surface area contributed by atoms with Gasteiger partial charge in [-0.1, -0.05) is 61.9 Å². The zero-order valence-electron chi connectivity index (χ0n) is 17.7. The Bertz CT molecular complexity index is 1240. The van der Waals surface area contributed by atoms with E-state index >= 15 is 0 Å². The van der Waals surface area contributed by atoms with Gasteiger partial charge in [0.2, 0.25) is 5.91 Å². The molecule has 0 saturated heterocycles. The molecule has 0 aliphatic heterocycles. The fraction of sp³-hybridized carbons (Fsp3) is 0.240. The van der Waals surface area contributed by atoms with Gasteiger partial charge in [0.1, 0.15) is 0 Å². The first-order chi connectivity index (χ1) is 15.1. The SMILES string of the molecule is CCCc1ccc(C(NC(=O)Cc2nn(C)c(=O)c3ccccc23)c2cccs2)cc1. The van der Waals surface area contributed by atoms with E-state index in [1.807, 2.05) is 35.7 Å². The maximum Gasteiger partial charge on any atom is 0.274 e. The largest absolute Gasteiger partial charge is 0.344 e. The summed E-state index contributed by atoms with van der Waals surface area (Å²) < 4.78 is 1.30. The maximum atomic E-state index is 13.1. The van der Waals surface area contributed by atoms with Crippen molar-refractivity contribution in [1.29, 1.82) is 0 Å². The van der Waals surface area contributed by atoms with E-state index in [9.17, 15) is 9.59 Å². The highest BCUT2D eigenvalue weighted by Gasteiger charge is 2.20. The van der Waals surface area contributed by atoms with Gasteiger partial charge in [-0.25, -0.2) is 4.68 Å². The molecule has 5 nitrogen and oxygen atoms in total. The number of thiophene rings is 1. The Balaban J connectivity index is 1.61. The number of fused-ring (bicyclic) bond motifs is 1. The van der Waals surface area contributed by atoms with Gasteiger partial charge in [0, 0.05) is 17.3 Å². The lowest BCUT2D eigenvalue weighted by Crippen LogP contribution is -2.31. The van der Waals surface area contributed by atoms with Gasteiger partial charge in [-0.15, -0.1) is 11.3 Å². The van der Waals surface area contributed by atoms with Crippen LogP contribution in [0.3, 0.4) is 0 Å². The fourth-order valence-corrected chi connectivity index (χ4v) is 4.61. The highest BCUT2D eigenvalue weighted by molar-refractivity contribution is 7.10. The molecule has 0 aliphatic rings. The molecule has 0 saturated carbocycles. The number of aryl methyl sites for hydroxylation is 2. The minimum absolute atomic E-state index is 0.102. The molecule has 0 bridgehead atoms. The lowest BCUT2D eigenvalue weighted by atomic mass is 10.0. The summed E-state index contributed by atoms with van der Waals surface area (Å²) >= 11 is 1.62. The summed E-state index contributed by atoms with van der Waals surface area (Å²) in [6.07, 6.45) is 2.25. The second-order valence-corrected chi connectivity index (χ2v) is 8.58. The van der Waals surface area contributed by atoms with Gasteiger partial charge >= 0.3 is 0 Å². The third-order valence-electron chi connectivity index (χ3n) is 5.35. The Morgan fingerprint density at radius 3 is 2.48 bits per heavy atom. The Morgan fingerprint density at radius 1 is 1.06 bits per heavy atom. The van der Waals surface area contributed by atoms with Crippen molar-refractivity contribution in [2.45, 2.75) is 32.2 Å². The van der Waals surface area contributed by atoms with Crippen LogP contribution in [-0.4, -0.2) is 15.7 Å². The molecule has 2 aromatic heterocycles. The number of rotatable bonds is 7. The number of amides is 1. The number of hydrogen-bond donors (Lipinski definition) is 1. The zero-order valence-corrected chi connectivity index (χ0v) is 18.5. The van der Waals surface area contributed by atoms with E-state index in [1.165, 1.54) is 10.2 Å². The zero-order chi connectivity index (χ0) is 21.8. The minimum Gasteiger partial charge on any atom is -0.344 e. The van der Waals surface area contributed by atoms with Crippen LogP contribution in [0.15, 0.2) is 70.8 Å². The molecule has 31 heavy (non-hydrogen) atoms. The molecular formula is C25H25N3O2S. The molecule has 2 aromatic carbocycles. The van der Waals surface area contributed by atoms with Crippen LogP contribution < -0.4 is 10.9 Å². The van der Waals surface area contributed by atoms with Gasteiger partial charge in [0.05, 0.1) is 23.5 Å².